The van der Waals surface area contributed by atoms with Gasteiger partial charge in [0, 0.05) is 6.04 Å². The summed E-state index contributed by atoms with van der Waals surface area (Å²) < 4.78 is 27.2. The van der Waals surface area contributed by atoms with E-state index >= 15 is 0 Å². The Morgan fingerprint density at radius 1 is 1.32 bits per heavy atom. The van der Waals surface area contributed by atoms with Crippen molar-refractivity contribution in [2.75, 3.05) is 13.1 Å². The van der Waals surface area contributed by atoms with Gasteiger partial charge in [0.05, 0.1) is 5.02 Å². The molecule has 0 spiro atoms. The summed E-state index contributed by atoms with van der Waals surface area (Å²) in [5.41, 5.74) is 0.880. The van der Waals surface area contributed by atoms with E-state index in [1.165, 1.54) is 0 Å². The summed E-state index contributed by atoms with van der Waals surface area (Å²) in [5.74, 6) is 0. The van der Waals surface area contributed by atoms with Crippen molar-refractivity contribution in [2.45, 2.75) is 30.7 Å². The summed E-state index contributed by atoms with van der Waals surface area (Å²) in [5, 5.41) is 3.47. The molecule has 0 aliphatic carbocycles. The Morgan fingerprint density at radius 2 is 1.95 bits per heavy atom. The summed E-state index contributed by atoms with van der Waals surface area (Å²) in [7, 11) is -3.52. The Hall–Kier alpha value is -0.330. The Balaban J connectivity index is 0.00000180. The fourth-order valence-electron chi connectivity index (χ4n) is 2.04. The van der Waals surface area contributed by atoms with Gasteiger partial charge >= 0.3 is 0 Å². The number of hydrogen-bond acceptors (Lipinski definition) is 3. The maximum Gasteiger partial charge on any atom is 0.242 e. The number of sulfonamides is 1. The van der Waals surface area contributed by atoms with Crippen molar-refractivity contribution in [1.29, 1.82) is 0 Å². The van der Waals surface area contributed by atoms with Crippen LogP contribution in [0.2, 0.25) is 5.02 Å². The van der Waals surface area contributed by atoms with Gasteiger partial charge in [-0.3, -0.25) is 0 Å². The van der Waals surface area contributed by atoms with Gasteiger partial charge in [0.15, 0.2) is 0 Å². The average Bonchev–Trinajstić information content (AvgIpc) is 2.33. The molecule has 0 saturated carbocycles. The van der Waals surface area contributed by atoms with E-state index in [0.29, 0.717) is 0 Å². The van der Waals surface area contributed by atoms with Gasteiger partial charge in [-0.1, -0.05) is 17.7 Å². The topological polar surface area (TPSA) is 58.2 Å². The van der Waals surface area contributed by atoms with E-state index in [1.54, 1.807) is 18.2 Å². The summed E-state index contributed by atoms with van der Waals surface area (Å²) >= 11 is 5.97. The van der Waals surface area contributed by atoms with Gasteiger partial charge in [-0.15, -0.1) is 12.4 Å². The largest absolute Gasteiger partial charge is 0.317 e. The minimum atomic E-state index is -3.52. The first-order valence-corrected chi connectivity index (χ1v) is 7.84. The zero-order valence-corrected chi connectivity index (χ0v) is 13.0. The van der Waals surface area contributed by atoms with Crippen LogP contribution in [-0.4, -0.2) is 27.5 Å². The number of nitrogens with one attached hydrogen (secondary N) is 2. The minimum Gasteiger partial charge on any atom is -0.317 e. The van der Waals surface area contributed by atoms with Gasteiger partial charge in [-0.2, -0.15) is 0 Å². The standard InChI is InChI=1S/C12H17ClN2O2S.ClH/c1-9-2-3-11(13)12(8-9)18(16,17)15-10-4-6-14-7-5-10;/h2-3,8,10,14-15H,4-7H2,1H3;1H. The van der Waals surface area contributed by atoms with Crippen molar-refractivity contribution < 1.29 is 8.42 Å². The van der Waals surface area contributed by atoms with Gasteiger partial charge in [-0.05, 0) is 50.6 Å². The molecule has 0 amide bonds. The highest BCUT2D eigenvalue weighted by atomic mass is 35.5. The van der Waals surface area contributed by atoms with Crippen LogP contribution in [0, 0.1) is 6.92 Å². The van der Waals surface area contributed by atoms with Crippen LogP contribution < -0.4 is 10.0 Å². The molecule has 0 atom stereocenters. The second kappa shape index (κ2) is 6.90. The molecule has 19 heavy (non-hydrogen) atoms. The van der Waals surface area contributed by atoms with Crippen LogP contribution in [0.15, 0.2) is 23.1 Å². The van der Waals surface area contributed by atoms with Crippen LogP contribution in [0.25, 0.3) is 0 Å². The maximum atomic E-state index is 12.3. The fraction of sp³-hybridized carbons (Fsp3) is 0.500. The summed E-state index contributed by atoms with van der Waals surface area (Å²) in [6.45, 7) is 3.53. The monoisotopic (exact) mass is 324 g/mol. The van der Waals surface area contributed by atoms with Crippen molar-refractivity contribution >= 4 is 34.0 Å². The Bertz CT molecular complexity index is 529. The number of rotatable bonds is 3. The van der Waals surface area contributed by atoms with Crippen LogP contribution in [0.3, 0.4) is 0 Å². The quantitative estimate of drug-likeness (QED) is 0.895. The van der Waals surface area contributed by atoms with E-state index in [2.05, 4.69) is 10.0 Å². The molecule has 0 radical (unpaired) electrons. The van der Waals surface area contributed by atoms with Crippen LogP contribution in [0.4, 0.5) is 0 Å². The van der Waals surface area contributed by atoms with Crippen LogP contribution in [0.1, 0.15) is 18.4 Å². The van der Waals surface area contributed by atoms with Gasteiger partial charge in [0.25, 0.3) is 0 Å². The molecular formula is C12H18Cl2N2O2S. The van der Waals surface area contributed by atoms with Crippen LogP contribution in [-0.2, 0) is 10.0 Å². The van der Waals surface area contributed by atoms with Crippen molar-refractivity contribution in [2.24, 2.45) is 0 Å². The predicted octanol–water partition coefficient (Wildman–Crippen LogP) is 2.10. The molecule has 1 aromatic rings. The molecule has 4 nitrogen and oxygen atoms in total. The molecule has 2 N–H and O–H groups in total. The number of hydrogen-bond donors (Lipinski definition) is 2. The summed E-state index contributed by atoms with van der Waals surface area (Å²) in [6, 6.07) is 5.01. The molecule has 7 heteroatoms. The molecule has 0 bridgehead atoms. The van der Waals surface area contributed by atoms with E-state index in [4.69, 9.17) is 11.6 Å². The zero-order chi connectivity index (χ0) is 13.2. The zero-order valence-electron chi connectivity index (χ0n) is 10.6. The van der Waals surface area contributed by atoms with Gasteiger partial charge in [-0.25, -0.2) is 13.1 Å². The number of benzene rings is 1. The van der Waals surface area contributed by atoms with E-state index < -0.39 is 10.0 Å². The van der Waals surface area contributed by atoms with Crippen molar-refractivity contribution in [3.05, 3.63) is 28.8 Å². The van der Waals surface area contributed by atoms with E-state index in [1.807, 2.05) is 6.92 Å². The highest BCUT2D eigenvalue weighted by Crippen LogP contribution is 2.23. The van der Waals surface area contributed by atoms with Crippen molar-refractivity contribution in [1.82, 2.24) is 10.0 Å². The SMILES string of the molecule is Cc1ccc(Cl)c(S(=O)(=O)NC2CCNCC2)c1.Cl. The molecule has 108 valence electrons. The third kappa shape index (κ3) is 4.33. The lowest BCUT2D eigenvalue weighted by Crippen LogP contribution is -2.42. The molecule has 1 aromatic carbocycles. The highest BCUT2D eigenvalue weighted by molar-refractivity contribution is 7.89. The number of aryl methyl sites for hydroxylation is 1. The lowest BCUT2D eigenvalue weighted by molar-refractivity contribution is 0.427. The van der Waals surface area contributed by atoms with E-state index in [9.17, 15) is 8.42 Å². The van der Waals surface area contributed by atoms with Gasteiger partial charge in [0.1, 0.15) is 4.90 Å². The van der Waals surface area contributed by atoms with Crippen LogP contribution in [0.5, 0.6) is 0 Å². The molecule has 1 saturated heterocycles. The summed E-state index contributed by atoms with van der Waals surface area (Å²) in [4.78, 5) is 0.169. The number of piperidine rings is 1. The van der Waals surface area contributed by atoms with E-state index in [0.717, 1.165) is 31.5 Å². The first kappa shape index (κ1) is 16.7. The van der Waals surface area contributed by atoms with Crippen molar-refractivity contribution in [3.63, 3.8) is 0 Å². The normalized spacial score (nSPS) is 16.9. The van der Waals surface area contributed by atoms with Gasteiger partial charge in [0.2, 0.25) is 10.0 Å². The smallest absolute Gasteiger partial charge is 0.242 e. The molecule has 0 aromatic heterocycles. The second-order valence-electron chi connectivity index (χ2n) is 4.58. The molecule has 1 aliphatic rings. The maximum absolute atomic E-state index is 12.3. The highest BCUT2D eigenvalue weighted by Gasteiger charge is 2.23. The average molecular weight is 325 g/mol. The minimum absolute atomic E-state index is 0. The van der Waals surface area contributed by atoms with Crippen molar-refractivity contribution in [3.8, 4) is 0 Å². The second-order valence-corrected chi connectivity index (χ2v) is 6.67. The Kier molecular flexibility index (Phi) is 6.08. The summed E-state index contributed by atoms with van der Waals surface area (Å²) in [6.07, 6.45) is 1.62. The van der Waals surface area contributed by atoms with Gasteiger partial charge < -0.3 is 5.32 Å². The predicted molar refractivity (Wildman–Crippen MR) is 79.7 cm³/mol. The van der Waals surface area contributed by atoms with Crippen LogP contribution >= 0.6 is 24.0 Å². The molecule has 1 aliphatic heterocycles. The first-order valence-electron chi connectivity index (χ1n) is 5.98. The first-order chi connectivity index (χ1) is 8.49. The Morgan fingerprint density at radius 3 is 2.58 bits per heavy atom. The molecule has 0 unspecified atom stereocenters. The third-order valence-corrected chi connectivity index (χ3v) is 5.04. The number of halogens is 2. The molecule has 1 fully saturated rings. The lowest BCUT2D eigenvalue weighted by Gasteiger charge is -2.23. The molecule has 1 heterocycles. The Labute approximate surface area is 125 Å². The lowest BCUT2D eigenvalue weighted by atomic mass is 10.1. The van der Waals surface area contributed by atoms with E-state index in [-0.39, 0.29) is 28.4 Å². The third-order valence-electron chi connectivity index (χ3n) is 3.04. The molecule has 2 rings (SSSR count). The molecular weight excluding hydrogens is 307 g/mol. The fourth-order valence-corrected chi connectivity index (χ4v) is 3.93.